The van der Waals surface area contributed by atoms with Crippen molar-refractivity contribution in [3.8, 4) is 0 Å². The van der Waals surface area contributed by atoms with Gasteiger partial charge in [-0.1, -0.05) is 11.6 Å². The summed E-state index contributed by atoms with van der Waals surface area (Å²) in [5.74, 6) is -1.95. The highest BCUT2D eigenvalue weighted by Gasteiger charge is 2.43. The van der Waals surface area contributed by atoms with Crippen LogP contribution in [-0.2, 0) is 17.8 Å². The largest absolute Gasteiger partial charge is 0.471 e. The Morgan fingerprint density at radius 3 is 2.60 bits per heavy atom. The molecule has 1 heterocycles. The molecule has 108 valence electrons. The Morgan fingerprint density at radius 2 is 2.05 bits per heavy atom. The topological polar surface area (TPSA) is 63.5 Å². The van der Waals surface area contributed by atoms with Crippen LogP contribution >= 0.6 is 11.6 Å². The molecule has 1 aliphatic heterocycles. The molecule has 0 spiro atoms. The number of amides is 1. The predicted octanol–water partition coefficient (Wildman–Crippen LogP) is 2.70. The van der Waals surface area contributed by atoms with Crippen LogP contribution in [0.1, 0.15) is 11.1 Å². The second kappa shape index (κ2) is 4.93. The number of benzene rings is 1. The lowest BCUT2D eigenvalue weighted by Crippen LogP contribution is -2.43. The summed E-state index contributed by atoms with van der Waals surface area (Å²) in [6.45, 7) is -0.460. The van der Waals surface area contributed by atoms with Gasteiger partial charge in [0.1, 0.15) is 0 Å². The lowest BCUT2D eigenvalue weighted by molar-refractivity contribution is -0.384. The summed E-state index contributed by atoms with van der Waals surface area (Å²) in [5.41, 5.74) is 0.506. The molecule has 0 saturated carbocycles. The zero-order chi connectivity index (χ0) is 15.1. The molecule has 2 rings (SSSR count). The SMILES string of the molecule is O=C(N1CCc2c(Cl)cc([N+](=O)[O-])cc2C1)C(F)(F)F. The smallest absolute Gasteiger partial charge is 0.330 e. The van der Waals surface area contributed by atoms with Gasteiger partial charge < -0.3 is 4.90 Å². The average Bonchev–Trinajstić information content (AvgIpc) is 2.35. The summed E-state index contributed by atoms with van der Waals surface area (Å²) < 4.78 is 37.1. The fraction of sp³-hybridized carbons (Fsp3) is 0.364. The number of nitrogens with zero attached hydrogens (tertiary/aromatic N) is 2. The number of alkyl halides is 3. The predicted molar refractivity (Wildman–Crippen MR) is 63.3 cm³/mol. The Morgan fingerprint density at radius 1 is 1.40 bits per heavy atom. The van der Waals surface area contributed by atoms with Crippen molar-refractivity contribution in [2.24, 2.45) is 0 Å². The molecule has 0 aliphatic carbocycles. The standard InChI is InChI=1S/C11H8ClF3N2O3/c12-9-4-7(17(19)20)3-6-5-16(2-1-8(6)9)10(18)11(13,14)15/h3-4H,1-2,5H2. The Bertz CT molecular complexity index is 589. The van der Waals surface area contributed by atoms with Crippen LogP contribution in [0.5, 0.6) is 0 Å². The molecule has 1 aliphatic rings. The van der Waals surface area contributed by atoms with Crippen molar-refractivity contribution in [3.63, 3.8) is 0 Å². The molecule has 9 heteroatoms. The minimum absolute atomic E-state index is 0.122. The van der Waals surface area contributed by atoms with E-state index < -0.39 is 17.0 Å². The van der Waals surface area contributed by atoms with Gasteiger partial charge in [-0.2, -0.15) is 13.2 Å². The van der Waals surface area contributed by atoms with Gasteiger partial charge in [0.2, 0.25) is 0 Å². The van der Waals surface area contributed by atoms with Crippen LogP contribution in [-0.4, -0.2) is 28.5 Å². The van der Waals surface area contributed by atoms with Crippen molar-refractivity contribution < 1.29 is 22.9 Å². The van der Waals surface area contributed by atoms with Gasteiger partial charge in [-0.15, -0.1) is 0 Å². The van der Waals surface area contributed by atoms with E-state index in [1.165, 1.54) is 0 Å². The summed E-state index contributed by atoms with van der Waals surface area (Å²) >= 11 is 5.88. The molecular weight excluding hydrogens is 301 g/mol. The maximum atomic E-state index is 12.4. The number of carbonyl (C=O) groups excluding carboxylic acids is 1. The highest BCUT2D eigenvalue weighted by molar-refractivity contribution is 6.31. The lowest BCUT2D eigenvalue weighted by Gasteiger charge is -2.29. The van der Waals surface area contributed by atoms with Crippen molar-refractivity contribution in [2.45, 2.75) is 19.1 Å². The summed E-state index contributed by atoms with van der Waals surface area (Å²) in [7, 11) is 0. The minimum Gasteiger partial charge on any atom is -0.330 e. The second-order valence-corrected chi connectivity index (χ2v) is 4.70. The van der Waals surface area contributed by atoms with Crippen LogP contribution in [0.2, 0.25) is 5.02 Å². The van der Waals surface area contributed by atoms with E-state index in [0.29, 0.717) is 10.5 Å². The van der Waals surface area contributed by atoms with Gasteiger partial charge in [-0.3, -0.25) is 14.9 Å². The van der Waals surface area contributed by atoms with E-state index in [0.717, 1.165) is 12.1 Å². The van der Waals surface area contributed by atoms with Gasteiger partial charge in [0, 0.05) is 25.2 Å². The summed E-state index contributed by atoms with van der Waals surface area (Å²) in [4.78, 5) is 21.8. The molecule has 1 amide bonds. The van der Waals surface area contributed by atoms with Crippen LogP contribution in [0.15, 0.2) is 12.1 Å². The summed E-state index contributed by atoms with van der Waals surface area (Å²) in [6.07, 6.45) is -4.82. The van der Waals surface area contributed by atoms with Crippen molar-refractivity contribution >= 4 is 23.2 Å². The molecule has 0 unspecified atom stereocenters. The zero-order valence-corrected chi connectivity index (χ0v) is 10.7. The molecular formula is C11H8ClF3N2O3. The molecule has 0 atom stereocenters. The van der Waals surface area contributed by atoms with E-state index in [4.69, 9.17) is 11.6 Å². The second-order valence-electron chi connectivity index (χ2n) is 4.30. The number of hydrogen-bond acceptors (Lipinski definition) is 3. The van der Waals surface area contributed by atoms with E-state index in [1.807, 2.05) is 0 Å². The Hall–Kier alpha value is -1.83. The van der Waals surface area contributed by atoms with E-state index in [9.17, 15) is 28.1 Å². The highest BCUT2D eigenvalue weighted by atomic mass is 35.5. The van der Waals surface area contributed by atoms with Crippen molar-refractivity contribution in [1.82, 2.24) is 4.90 Å². The summed E-state index contributed by atoms with van der Waals surface area (Å²) in [6, 6.07) is 2.30. The first kappa shape index (κ1) is 14.6. The first-order valence-electron chi connectivity index (χ1n) is 5.52. The maximum absolute atomic E-state index is 12.4. The highest BCUT2D eigenvalue weighted by Crippen LogP contribution is 2.32. The fourth-order valence-corrected chi connectivity index (χ4v) is 2.42. The van der Waals surface area contributed by atoms with Crippen LogP contribution < -0.4 is 0 Å². The molecule has 0 N–H and O–H groups in total. The Labute approximate surface area is 116 Å². The van der Waals surface area contributed by atoms with Crippen LogP contribution in [0.25, 0.3) is 0 Å². The monoisotopic (exact) mass is 308 g/mol. The molecule has 5 nitrogen and oxygen atoms in total. The van der Waals surface area contributed by atoms with E-state index >= 15 is 0 Å². The molecule has 20 heavy (non-hydrogen) atoms. The number of rotatable bonds is 1. The molecule has 0 fully saturated rings. The number of hydrogen-bond donors (Lipinski definition) is 0. The van der Waals surface area contributed by atoms with Crippen molar-refractivity contribution in [3.05, 3.63) is 38.4 Å². The van der Waals surface area contributed by atoms with Gasteiger partial charge in [0.15, 0.2) is 0 Å². The molecule has 0 saturated heterocycles. The van der Waals surface area contributed by atoms with Crippen molar-refractivity contribution in [1.29, 1.82) is 0 Å². The van der Waals surface area contributed by atoms with Gasteiger partial charge in [0.25, 0.3) is 5.69 Å². The number of non-ortho nitro benzene ring substituents is 1. The van der Waals surface area contributed by atoms with Crippen LogP contribution in [0.3, 0.4) is 0 Å². The number of fused-ring (bicyclic) bond motifs is 1. The molecule has 1 aromatic rings. The molecule has 0 radical (unpaired) electrons. The third kappa shape index (κ3) is 2.69. The van der Waals surface area contributed by atoms with Gasteiger partial charge in [-0.05, 0) is 17.5 Å². The average molecular weight is 309 g/mol. The Balaban J connectivity index is 2.34. The third-order valence-electron chi connectivity index (χ3n) is 3.01. The fourth-order valence-electron chi connectivity index (χ4n) is 2.09. The van der Waals surface area contributed by atoms with Gasteiger partial charge >= 0.3 is 12.1 Å². The maximum Gasteiger partial charge on any atom is 0.471 e. The van der Waals surface area contributed by atoms with Gasteiger partial charge in [0.05, 0.1) is 9.95 Å². The first-order valence-corrected chi connectivity index (χ1v) is 5.89. The number of nitro groups is 1. The van der Waals surface area contributed by atoms with E-state index in [1.54, 1.807) is 0 Å². The zero-order valence-electron chi connectivity index (χ0n) is 9.91. The van der Waals surface area contributed by atoms with Gasteiger partial charge in [-0.25, -0.2) is 0 Å². The van der Waals surface area contributed by atoms with Crippen LogP contribution in [0, 0.1) is 10.1 Å². The number of carbonyl (C=O) groups is 1. The third-order valence-corrected chi connectivity index (χ3v) is 3.34. The molecule has 0 bridgehead atoms. The van der Waals surface area contributed by atoms with Crippen LogP contribution in [0.4, 0.5) is 18.9 Å². The quantitative estimate of drug-likeness (QED) is 0.592. The summed E-state index contributed by atoms with van der Waals surface area (Å²) in [5, 5.41) is 10.8. The minimum atomic E-state index is -4.96. The molecule has 1 aromatic carbocycles. The molecule has 0 aromatic heterocycles. The Kier molecular flexibility index (Phi) is 3.59. The first-order chi connectivity index (χ1) is 9.20. The van der Waals surface area contributed by atoms with Crippen molar-refractivity contribution in [2.75, 3.05) is 6.54 Å². The van der Waals surface area contributed by atoms with E-state index in [-0.39, 0.29) is 35.8 Å². The van der Waals surface area contributed by atoms with E-state index in [2.05, 4.69) is 0 Å². The normalized spacial score (nSPS) is 14.9. The number of nitro benzene ring substituents is 1. The number of halogens is 4. The lowest BCUT2D eigenvalue weighted by atomic mass is 9.99.